The van der Waals surface area contributed by atoms with Crippen molar-refractivity contribution in [2.45, 2.75) is 24.9 Å². The van der Waals surface area contributed by atoms with Crippen molar-refractivity contribution in [2.24, 2.45) is 0 Å². The predicted octanol–water partition coefficient (Wildman–Crippen LogP) is 2.94. The van der Waals surface area contributed by atoms with Gasteiger partial charge in [0.05, 0.1) is 18.2 Å². The number of carbonyl (C=O) groups excluding carboxylic acids is 1. The Kier molecular flexibility index (Phi) is 2.51. The van der Waals surface area contributed by atoms with Crippen molar-refractivity contribution in [2.75, 3.05) is 7.11 Å². The van der Waals surface area contributed by atoms with Gasteiger partial charge in [0.2, 0.25) is 0 Å². The lowest BCUT2D eigenvalue weighted by atomic mass is 9.81. The van der Waals surface area contributed by atoms with Crippen LogP contribution in [-0.4, -0.2) is 13.1 Å². The van der Waals surface area contributed by atoms with Crippen molar-refractivity contribution >= 4 is 5.97 Å². The lowest BCUT2D eigenvalue weighted by Crippen LogP contribution is -2.41. The topological polar surface area (TPSA) is 38.3 Å². The summed E-state index contributed by atoms with van der Waals surface area (Å²) in [6.07, 6.45) is 0.962. The van der Waals surface area contributed by atoms with Crippen LogP contribution in [0.3, 0.4) is 0 Å². The van der Waals surface area contributed by atoms with Gasteiger partial charge in [-0.15, -0.1) is 0 Å². The summed E-state index contributed by atoms with van der Waals surface area (Å²) in [5, 5.41) is 3.72. The highest BCUT2D eigenvalue weighted by molar-refractivity contribution is 5.89. The predicted molar refractivity (Wildman–Crippen MR) is 80.3 cm³/mol. The Hall–Kier alpha value is -2.13. The SMILES string of the molecule is COC(=O)c1ccc2c(c1)C1(C)NC(C2)c2ccccc21. The second-order valence-electron chi connectivity index (χ2n) is 5.98. The Morgan fingerprint density at radius 3 is 2.86 bits per heavy atom. The standard InChI is InChI=1S/C18H17NO2/c1-18-14-6-4-3-5-13(14)16(19-18)10-11-7-8-12(9-15(11)18)17(20)21-2/h3-9,16,19H,10H2,1-2H3. The van der Waals surface area contributed by atoms with Gasteiger partial charge in [-0.25, -0.2) is 4.79 Å². The molecular formula is C18H17NO2. The van der Waals surface area contributed by atoms with Crippen molar-refractivity contribution in [3.63, 3.8) is 0 Å². The average Bonchev–Trinajstić information content (AvgIpc) is 2.76. The van der Waals surface area contributed by atoms with E-state index >= 15 is 0 Å². The number of esters is 1. The summed E-state index contributed by atoms with van der Waals surface area (Å²) in [7, 11) is 1.42. The quantitative estimate of drug-likeness (QED) is 0.816. The second-order valence-corrected chi connectivity index (χ2v) is 5.98. The fourth-order valence-electron chi connectivity index (χ4n) is 3.83. The molecule has 106 valence electrons. The molecule has 2 atom stereocenters. The van der Waals surface area contributed by atoms with Crippen molar-refractivity contribution in [1.29, 1.82) is 0 Å². The van der Waals surface area contributed by atoms with E-state index in [0.717, 1.165) is 6.42 Å². The third-order valence-electron chi connectivity index (χ3n) is 4.83. The van der Waals surface area contributed by atoms with Crippen LogP contribution in [-0.2, 0) is 16.7 Å². The van der Waals surface area contributed by atoms with Gasteiger partial charge < -0.3 is 4.74 Å². The summed E-state index contributed by atoms with van der Waals surface area (Å²) in [5.41, 5.74) is 5.57. The lowest BCUT2D eigenvalue weighted by Gasteiger charge is -2.34. The van der Waals surface area contributed by atoms with Crippen LogP contribution >= 0.6 is 0 Å². The summed E-state index contributed by atoms with van der Waals surface area (Å²) < 4.78 is 4.85. The number of methoxy groups -OCH3 is 1. The molecule has 2 aliphatic heterocycles. The molecule has 2 aromatic carbocycles. The third-order valence-corrected chi connectivity index (χ3v) is 4.83. The largest absolute Gasteiger partial charge is 0.465 e. The zero-order valence-corrected chi connectivity index (χ0v) is 12.1. The number of benzene rings is 2. The number of nitrogens with one attached hydrogen (secondary N) is 1. The second kappa shape index (κ2) is 4.18. The molecule has 3 nitrogen and oxygen atoms in total. The fraction of sp³-hybridized carbons (Fsp3) is 0.278. The first-order valence-electron chi connectivity index (χ1n) is 7.22. The maximum absolute atomic E-state index is 11.8. The van der Waals surface area contributed by atoms with Crippen LogP contribution in [0.1, 0.15) is 45.6 Å². The fourth-order valence-corrected chi connectivity index (χ4v) is 3.83. The smallest absolute Gasteiger partial charge is 0.337 e. The van der Waals surface area contributed by atoms with Gasteiger partial charge in [0, 0.05) is 6.04 Å². The van der Waals surface area contributed by atoms with Crippen LogP contribution in [0.15, 0.2) is 42.5 Å². The minimum atomic E-state index is -0.283. The van der Waals surface area contributed by atoms with Gasteiger partial charge in [0.15, 0.2) is 0 Å². The van der Waals surface area contributed by atoms with Crippen molar-refractivity contribution < 1.29 is 9.53 Å². The van der Waals surface area contributed by atoms with Crippen molar-refractivity contribution in [1.82, 2.24) is 5.32 Å². The van der Waals surface area contributed by atoms with E-state index < -0.39 is 0 Å². The van der Waals surface area contributed by atoms with E-state index in [-0.39, 0.29) is 11.5 Å². The zero-order chi connectivity index (χ0) is 14.6. The molecule has 4 rings (SSSR count). The summed E-state index contributed by atoms with van der Waals surface area (Å²) in [5.74, 6) is -0.283. The Balaban J connectivity index is 1.93. The van der Waals surface area contributed by atoms with Crippen LogP contribution < -0.4 is 5.32 Å². The molecule has 0 aliphatic carbocycles. The molecule has 0 spiro atoms. The van der Waals surface area contributed by atoms with E-state index in [1.807, 2.05) is 12.1 Å². The van der Waals surface area contributed by atoms with Crippen LogP contribution in [0.5, 0.6) is 0 Å². The van der Waals surface area contributed by atoms with E-state index in [2.05, 4.69) is 42.6 Å². The summed E-state index contributed by atoms with van der Waals surface area (Å²) >= 11 is 0. The minimum absolute atomic E-state index is 0.223. The number of ether oxygens (including phenoxy) is 1. The highest BCUT2D eigenvalue weighted by Gasteiger charge is 2.45. The maximum atomic E-state index is 11.8. The molecule has 3 heteroatoms. The molecule has 0 amide bonds. The molecule has 0 radical (unpaired) electrons. The molecule has 2 heterocycles. The summed E-state index contributed by atoms with van der Waals surface area (Å²) in [6, 6.07) is 14.8. The Labute approximate surface area is 123 Å². The molecule has 2 aromatic rings. The van der Waals surface area contributed by atoms with Gasteiger partial charge in [-0.3, -0.25) is 5.32 Å². The highest BCUT2D eigenvalue weighted by Crippen LogP contribution is 2.48. The maximum Gasteiger partial charge on any atom is 0.337 e. The van der Waals surface area contributed by atoms with Crippen molar-refractivity contribution in [3.8, 4) is 0 Å². The summed E-state index contributed by atoms with van der Waals surface area (Å²) in [6.45, 7) is 2.20. The number of rotatable bonds is 1. The van der Waals surface area contributed by atoms with Crippen LogP contribution in [0, 0.1) is 0 Å². The molecule has 2 bridgehead atoms. The molecule has 2 aliphatic rings. The summed E-state index contributed by atoms with van der Waals surface area (Å²) in [4.78, 5) is 11.8. The first-order chi connectivity index (χ1) is 10.1. The average molecular weight is 279 g/mol. The molecule has 2 unspecified atom stereocenters. The Bertz CT molecular complexity index is 753. The van der Waals surface area contributed by atoms with Crippen LogP contribution in [0.4, 0.5) is 0 Å². The van der Waals surface area contributed by atoms with E-state index in [4.69, 9.17) is 4.74 Å². The highest BCUT2D eigenvalue weighted by atomic mass is 16.5. The minimum Gasteiger partial charge on any atom is -0.465 e. The van der Waals surface area contributed by atoms with Gasteiger partial charge in [0.25, 0.3) is 0 Å². The van der Waals surface area contributed by atoms with Crippen molar-refractivity contribution in [3.05, 3.63) is 70.3 Å². The van der Waals surface area contributed by atoms with Crippen LogP contribution in [0.25, 0.3) is 0 Å². The van der Waals surface area contributed by atoms with E-state index in [0.29, 0.717) is 11.6 Å². The van der Waals surface area contributed by atoms with Gasteiger partial charge in [-0.1, -0.05) is 30.3 Å². The lowest BCUT2D eigenvalue weighted by molar-refractivity contribution is 0.0600. The zero-order valence-electron chi connectivity index (χ0n) is 12.1. The first-order valence-corrected chi connectivity index (χ1v) is 7.22. The number of hydrogen-bond acceptors (Lipinski definition) is 3. The van der Waals surface area contributed by atoms with Gasteiger partial charge in [-0.2, -0.15) is 0 Å². The molecule has 1 N–H and O–H groups in total. The first kappa shape index (κ1) is 12.6. The molecule has 0 saturated heterocycles. The normalized spacial score (nSPS) is 25.1. The van der Waals surface area contributed by atoms with Gasteiger partial charge >= 0.3 is 5.97 Å². The van der Waals surface area contributed by atoms with E-state index in [1.165, 1.54) is 29.4 Å². The number of fused-ring (bicyclic) bond motifs is 7. The number of hydrogen-bond donors (Lipinski definition) is 1. The van der Waals surface area contributed by atoms with Gasteiger partial charge in [0.1, 0.15) is 0 Å². The third kappa shape index (κ3) is 1.61. The molecular weight excluding hydrogens is 262 g/mol. The monoisotopic (exact) mass is 279 g/mol. The Morgan fingerprint density at radius 2 is 2.05 bits per heavy atom. The Morgan fingerprint density at radius 1 is 1.24 bits per heavy atom. The molecule has 0 saturated carbocycles. The van der Waals surface area contributed by atoms with E-state index in [1.54, 1.807) is 0 Å². The molecule has 0 fully saturated rings. The van der Waals surface area contributed by atoms with E-state index in [9.17, 15) is 4.79 Å². The molecule has 21 heavy (non-hydrogen) atoms. The molecule has 0 aromatic heterocycles. The van der Waals surface area contributed by atoms with Gasteiger partial charge in [-0.05, 0) is 47.7 Å². The van der Waals surface area contributed by atoms with Crippen LogP contribution in [0.2, 0.25) is 0 Å². The number of carbonyl (C=O) groups is 1.